The lowest BCUT2D eigenvalue weighted by molar-refractivity contribution is 0.456. The summed E-state index contributed by atoms with van der Waals surface area (Å²) < 4.78 is 2.13. The first kappa shape index (κ1) is 10.8. The van der Waals surface area contributed by atoms with Crippen molar-refractivity contribution in [3.8, 4) is 0 Å². The Balaban J connectivity index is 2.23. The lowest BCUT2D eigenvalue weighted by atomic mass is 9.79. The highest BCUT2D eigenvalue weighted by molar-refractivity contribution is 5.81. The van der Waals surface area contributed by atoms with Gasteiger partial charge in [-0.1, -0.05) is 12.8 Å². The van der Waals surface area contributed by atoms with Gasteiger partial charge >= 0.3 is 0 Å². The maximum Gasteiger partial charge on any atom is 0.139 e. The fourth-order valence-electron chi connectivity index (χ4n) is 3.27. The van der Waals surface area contributed by atoms with Gasteiger partial charge in [-0.25, -0.2) is 4.98 Å². The summed E-state index contributed by atoms with van der Waals surface area (Å²) in [5, 5.41) is 1.28. The van der Waals surface area contributed by atoms with Gasteiger partial charge in [-0.05, 0) is 30.5 Å². The van der Waals surface area contributed by atoms with Crippen molar-refractivity contribution in [2.24, 2.45) is 12.8 Å². The fourth-order valence-corrected chi connectivity index (χ4v) is 3.27. The van der Waals surface area contributed by atoms with Crippen molar-refractivity contribution >= 4 is 11.0 Å². The van der Waals surface area contributed by atoms with Crippen LogP contribution in [0.3, 0.4) is 0 Å². The summed E-state index contributed by atoms with van der Waals surface area (Å²) >= 11 is 0. The summed E-state index contributed by atoms with van der Waals surface area (Å²) in [4.78, 5) is 4.46. The number of hydrogen-bond acceptors (Lipinski definition) is 2. The van der Waals surface area contributed by atoms with Gasteiger partial charge in [-0.3, -0.25) is 0 Å². The van der Waals surface area contributed by atoms with Gasteiger partial charge in [-0.15, -0.1) is 0 Å². The quantitative estimate of drug-likeness (QED) is 0.859. The van der Waals surface area contributed by atoms with Gasteiger partial charge in [0.05, 0.1) is 0 Å². The maximum atomic E-state index is 6.07. The van der Waals surface area contributed by atoms with E-state index in [-0.39, 0.29) is 5.41 Å². The van der Waals surface area contributed by atoms with Gasteiger partial charge in [0.25, 0.3) is 0 Å². The van der Waals surface area contributed by atoms with Crippen LogP contribution in [0.4, 0.5) is 0 Å². The van der Waals surface area contributed by atoms with Crippen molar-refractivity contribution in [1.29, 1.82) is 0 Å². The van der Waals surface area contributed by atoms with E-state index in [1.54, 1.807) is 0 Å². The Morgan fingerprint density at radius 3 is 2.88 bits per heavy atom. The fraction of sp³-hybridized carbons (Fsp3) is 0.500. The molecule has 1 saturated carbocycles. The maximum absolute atomic E-state index is 6.07. The smallest absolute Gasteiger partial charge is 0.139 e. The molecule has 0 spiro atoms. The summed E-state index contributed by atoms with van der Waals surface area (Å²) in [6, 6.07) is 4.19. The SMILES string of the molecule is Cn1cc(C2(CN)CCCC2)c2cccnc21. The molecule has 0 atom stereocenters. The second-order valence-electron chi connectivity index (χ2n) is 5.22. The molecule has 0 radical (unpaired) electrons. The van der Waals surface area contributed by atoms with E-state index in [0.717, 1.165) is 12.2 Å². The Morgan fingerprint density at radius 1 is 1.41 bits per heavy atom. The van der Waals surface area contributed by atoms with E-state index in [9.17, 15) is 0 Å². The van der Waals surface area contributed by atoms with Crippen LogP contribution in [0.15, 0.2) is 24.5 Å². The highest BCUT2D eigenvalue weighted by Crippen LogP contribution is 2.43. The molecule has 0 saturated heterocycles. The van der Waals surface area contributed by atoms with E-state index in [4.69, 9.17) is 5.73 Å². The summed E-state index contributed by atoms with van der Waals surface area (Å²) in [6.45, 7) is 0.751. The average molecular weight is 229 g/mol. The molecular formula is C14H19N3. The normalized spacial score (nSPS) is 18.9. The number of nitrogens with zero attached hydrogens (tertiary/aromatic N) is 2. The first-order valence-corrected chi connectivity index (χ1v) is 6.37. The van der Waals surface area contributed by atoms with Crippen molar-refractivity contribution in [3.05, 3.63) is 30.1 Å². The number of nitrogens with two attached hydrogens (primary N) is 1. The molecule has 90 valence electrons. The van der Waals surface area contributed by atoms with Crippen LogP contribution < -0.4 is 5.73 Å². The molecule has 2 aromatic heterocycles. The molecule has 3 nitrogen and oxygen atoms in total. The standard InChI is InChI=1S/C14H19N3/c1-17-9-12(11-5-4-8-16-13(11)17)14(10-15)6-2-3-7-14/h4-5,8-9H,2-3,6-7,10,15H2,1H3. The minimum Gasteiger partial charge on any atom is -0.335 e. The number of aryl methyl sites for hydroxylation is 1. The van der Waals surface area contributed by atoms with Crippen molar-refractivity contribution in [2.75, 3.05) is 6.54 Å². The third-order valence-corrected chi connectivity index (χ3v) is 4.26. The minimum absolute atomic E-state index is 0.197. The lowest BCUT2D eigenvalue weighted by Crippen LogP contribution is -2.31. The van der Waals surface area contributed by atoms with Gasteiger partial charge < -0.3 is 10.3 Å². The van der Waals surface area contributed by atoms with E-state index in [1.807, 2.05) is 12.3 Å². The monoisotopic (exact) mass is 229 g/mol. The van der Waals surface area contributed by atoms with Gasteiger partial charge in [0.2, 0.25) is 0 Å². The molecule has 3 heteroatoms. The Morgan fingerprint density at radius 2 is 2.18 bits per heavy atom. The van der Waals surface area contributed by atoms with Crippen LogP contribution >= 0.6 is 0 Å². The largest absolute Gasteiger partial charge is 0.335 e. The van der Waals surface area contributed by atoms with Crippen molar-refractivity contribution in [1.82, 2.24) is 9.55 Å². The first-order valence-electron chi connectivity index (χ1n) is 6.37. The van der Waals surface area contributed by atoms with E-state index in [1.165, 1.54) is 36.6 Å². The predicted molar refractivity (Wildman–Crippen MR) is 69.9 cm³/mol. The predicted octanol–water partition coefficient (Wildman–Crippen LogP) is 2.34. The van der Waals surface area contributed by atoms with Crippen LogP contribution in [0.1, 0.15) is 31.2 Å². The molecule has 17 heavy (non-hydrogen) atoms. The van der Waals surface area contributed by atoms with Gasteiger partial charge in [0.1, 0.15) is 5.65 Å². The Kier molecular flexibility index (Phi) is 2.44. The number of hydrogen-bond donors (Lipinski definition) is 1. The lowest BCUT2D eigenvalue weighted by Gasteiger charge is -2.26. The molecule has 3 rings (SSSR count). The van der Waals surface area contributed by atoms with Crippen LogP contribution in [0.5, 0.6) is 0 Å². The van der Waals surface area contributed by atoms with E-state index in [2.05, 4.69) is 28.9 Å². The highest BCUT2D eigenvalue weighted by Gasteiger charge is 2.36. The van der Waals surface area contributed by atoms with Crippen LogP contribution in [0.2, 0.25) is 0 Å². The number of pyridine rings is 1. The molecule has 0 aromatic carbocycles. The highest BCUT2D eigenvalue weighted by atomic mass is 15.0. The number of fused-ring (bicyclic) bond motifs is 1. The Bertz CT molecular complexity index is 535. The first-order chi connectivity index (χ1) is 8.27. The molecule has 1 aliphatic carbocycles. The van der Waals surface area contributed by atoms with E-state index < -0.39 is 0 Å². The molecule has 2 aromatic rings. The Hall–Kier alpha value is -1.35. The molecule has 0 aliphatic heterocycles. The van der Waals surface area contributed by atoms with E-state index in [0.29, 0.717) is 0 Å². The van der Waals surface area contributed by atoms with Crippen LogP contribution in [-0.4, -0.2) is 16.1 Å². The van der Waals surface area contributed by atoms with E-state index >= 15 is 0 Å². The van der Waals surface area contributed by atoms with Crippen molar-refractivity contribution in [3.63, 3.8) is 0 Å². The molecule has 2 N–H and O–H groups in total. The van der Waals surface area contributed by atoms with Crippen LogP contribution in [-0.2, 0) is 12.5 Å². The number of rotatable bonds is 2. The van der Waals surface area contributed by atoms with Crippen LogP contribution in [0, 0.1) is 0 Å². The van der Waals surface area contributed by atoms with Crippen molar-refractivity contribution < 1.29 is 0 Å². The minimum atomic E-state index is 0.197. The molecule has 0 amide bonds. The molecule has 1 aliphatic rings. The topological polar surface area (TPSA) is 43.8 Å². The molecule has 0 bridgehead atoms. The molecule has 0 unspecified atom stereocenters. The van der Waals surface area contributed by atoms with Crippen LogP contribution in [0.25, 0.3) is 11.0 Å². The third kappa shape index (κ3) is 1.49. The molecular weight excluding hydrogens is 210 g/mol. The second-order valence-corrected chi connectivity index (χ2v) is 5.22. The summed E-state index contributed by atoms with van der Waals surface area (Å²) in [6.07, 6.45) is 9.13. The zero-order valence-electron chi connectivity index (χ0n) is 10.3. The second kappa shape index (κ2) is 3.84. The summed E-state index contributed by atoms with van der Waals surface area (Å²) in [5.74, 6) is 0. The van der Waals surface area contributed by atoms with Gasteiger partial charge in [-0.2, -0.15) is 0 Å². The number of aromatic nitrogens is 2. The zero-order chi connectivity index (χ0) is 11.9. The van der Waals surface area contributed by atoms with Crippen molar-refractivity contribution in [2.45, 2.75) is 31.1 Å². The molecule has 1 fully saturated rings. The molecule has 2 heterocycles. The Labute approximate surface area is 102 Å². The summed E-state index contributed by atoms with van der Waals surface area (Å²) in [5.41, 5.74) is 8.75. The average Bonchev–Trinajstić information content (AvgIpc) is 2.96. The third-order valence-electron chi connectivity index (χ3n) is 4.26. The van der Waals surface area contributed by atoms with Gasteiger partial charge in [0.15, 0.2) is 0 Å². The summed E-state index contributed by atoms with van der Waals surface area (Å²) in [7, 11) is 2.07. The zero-order valence-corrected chi connectivity index (χ0v) is 10.3. The van der Waals surface area contributed by atoms with Gasteiger partial charge in [0, 0.05) is 36.8 Å².